The summed E-state index contributed by atoms with van der Waals surface area (Å²) in [6, 6.07) is 14.2. The fraction of sp³-hybridized carbons (Fsp3) is 0.238. The minimum atomic E-state index is -3.35. The van der Waals surface area contributed by atoms with Crippen LogP contribution in [0.3, 0.4) is 0 Å². The van der Waals surface area contributed by atoms with Crippen molar-refractivity contribution >= 4 is 43.2 Å². The highest BCUT2D eigenvalue weighted by Gasteiger charge is 2.19. The number of rotatable bonds is 7. The first-order chi connectivity index (χ1) is 14.2. The predicted molar refractivity (Wildman–Crippen MR) is 123 cm³/mol. The fourth-order valence-electron chi connectivity index (χ4n) is 3.12. The molecule has 0 saturated carbocycles. The lowest BCUT2D eigenvalue weighted by atomic mass is 10.1. The number of nitrogens with zero attached hydrogens (tertiary/aromatic N) is 2. The second-order valence-corrected chi connectivity index (χ2v) is 9.64. The summed E-state index contributed by atoms with van der Waals surface area (Å²) in [4.78, 5) is 12.9. The predicted octanol–water partition coefficient (Wildman–Crippen LogP) is 4.66. The molecular weight excluding hydrogens is 468 g/mol. The average molecular weight is 491 g/mol. The van der Waals surface area contributed by atoms with Crippen LogP contribution in [0.1, 0.15) is 35.1 Å². The normalized spacial score (nSPS) is 11.3. The smallest absolute Gasteiger partial charge is 0.259 e. The Bertz CT molecular complexity index is 1150. The summed E-state index contributed by atoms with van der Waals surface area (Å²) in [5, 5.41) is 7.36. The molecule has 0 aliphatic carbocycles. The third-order valence-corrected chi connectivity index (χ3v) is 6.50. The van der Waals surface area contributed by atoms with Crippen LogP contribution < -0.4 is 10.0 Å². The lowest BCUT2D eigenvalue weighted by molar-refractivity contribution is 0.102. The highest BCUT2D eigenvalue weighted by Crippen LogP contribution is 2.22. The van der Waals surface area contributed by atoms with Crippen LogP contribution in [0, 0.1) is 13.8 Å². The van der Waals surface area contributed by atoms with Crippen molar-refractivity contribution in [1.29, 1.82) is 0 Å². The second kappa shape index (κ2) is 9.01. The zero-order valence-corrected chi connectivity index (χ0v) is 19.3. The van der Waals surface area contributed by atoms with Crippen molar-refractivity contribution in [2.45, 2.75) is 27.2 Å². The highest BCUT2D eigenvalue weighted by molar-refractivity contribution is 9.10. The van der Waals surface area contributed by atoms with Gasteiger partial charge in [-0.3, -0.25) is 9.52 Å². The van der Waals surface area contributed by atoms with Crippen LogP contribution >= 0.6 is 15.9 Å². The molecule has 0 aliphatic heterocycles. The zero-order valence-electron chi connectivity index (χ0n) is 16.9. The Labute approximate surface area is 184 Å². The number of aromatic nitrogens is 2. The van der Waals surface area contributed by atoms with Gasteiger partial charge in [-0.25, -0.2) is 13.1 Å². The van der Waals surface area contributed by atoms with Crippen molar-refractivity contribution in [1.82, 2.24) is 9.78 Å². The first kappa shape index (κ1) is 22.0. The van der Waals surface area contributed by atoms with Gasteiger partial charge in [0.1, 0.15) is 0 Å². The van der Waals surface area contributed by atoms with E-state index < -0.39 is 10.0 Å². The summed E-state index contributed by atoms with van der Waals surface area (Å²) >= 11 is 3.41. The number of carbonyl (C=O) groups is 1. The van der Waals surface area contributed by atoms with Crippen molar-refractivity contribution in [3.63, 3.8) is 0 Å². The van der Waals surface area contributed by atoms with Crippen molar-refractivity contribution in [3.8, 4) is 5.69 Å². The summed E-state index contributed by atoms with van der Waals surface area (Å²) in [6.45, 7) is 5.45. The number of carbonyl (C=O) groups excluding carboxylic acids is 1. The lowest BCUT2D eigenvalue weighted by Crippen LogP contribution is -2.16. The number of nitrogens with one attached hydrogen (secondary N) is 2. The molecule has 3 aromatic rings. The van der Waals surface area contributed by atoms with Gasteiger partial charge in [0.2, 0.25) is 10.0 Å². The largest absolute Gasteiger partial charge is 0.322 e. The monoisotopic (exact) mass is 490 g/mol. The number of anilines is 2. The molecule has 0 unspecified atom stereocenters. The number of benzene rings is 2. The van der Waals surface area contributed by atoms with Crippen LogP contribution in [-0.2, 0) is 10.0 Å². The van der Waals surface area contributed by atoms with E-state index in [1.54, 1.807) is 42.8 Å². The summed E-state index contributed by atoms with van der Waals surface area (Å²) in [7, 11) is -3.35. The molecule has 0 fully saturated rings. The van der Waals surface area contributed by atoms with Crippen LogP contribution in [0.4, 0.5) is 11.4 Å². The molecule has 3 rings (SSSR count). The van der Waals surface area contributed by atoms with Gasteiger partial charge in [0.05, 0.1) is 28.4 Å². The van der Waals surface area contributed by atoms with Crippen LogP contribution in [-0.4, -0.2) is 29.9 Å². The topological polar surface area (TPSA) is 93.1 Å². The van der Waals surface area contributed by atoms with Crippen molar-refractivity contribution < 1.29 is 13.2 Å². The number of hydrogen-bond acceptors (Lipinski definition) is 4. The molecule has 30 heavy (non-hydrogen) atoms. The minimum Gasteiger partial charge on any atom is -0.322 e. The van der Waals surface area contributed by atoms with Gasteiger partial charge >= 0.3 is 0 Å². The van der Waals surface area contributed by atoms with E-state index in [0.717, 1.165) is 15.9 Å². The van der Waals surface area contributed by atoms with Gasteiger partial charge in [-0.15, -0.1) is 0 Å². The van der Waals surface area contributed by atoms with Gasteiger partial charge in [-0.1, -0.05) is 22.9 Å². The molecule has 9 heteroatoms. The maximum atomic E-state index is 12.9. The summed E-state index contributed by atoms with van der Waals surface area (Å²) in [5.41, 5.74) is 3.74. The molecule has 0 saturated heterocycles. The SMILES string of the molecule is CCCS(=O)(=O)Nc1ccc(NC(=O)c2c(C)nn(-c3ccc(Br)cc3)c2C)cc1. The van der Waals surface area contributed by atoms with Gasteiger partial charge in [0.15, 0.2) is 0 Å². The highest BCUT2D eigenvalue weighted by atomic mass is 79.9. The van der Waals surface area contributed by atoms with Crippen LogP contribution in [0.2, 0.25) is 0 Å². The molecule has 0 atom stereocenters. The summed E-state index contributed by atoms with van der Waals surface area (Å²) in [6.07, 6.45) is 0.538. The first-order valence-corrected chi connectivity index (χ1v) is 11.9. The lowest BCUT2D eigenvalue weighted by Gasteiger charge is -2.09. The molecule has 7 nitrogen and oxygen atoms in total. The van der Waals surface area contributed by atoms with Crippen LogP contribution in [0.5, 0.6) is 0 Å². The summed E-state index contributed by atoms with van der Waals surface area (Å²) in [5.74, 6) is -0.209. The Morgan fingerprint density at radius 1 is 1.03 bits per heavy atom. The van der Waals surface area contributed by atoms with E-state index in [2.05, 4.69) is 31.1 Å². The van der Waals surface area contributed by atoms with E-state index in [1.165, 1.54) is 0 Å². The molecule has 1 amide bonds. The molecular formula is C21H23BrN4O3S. The molecule has 1 heterocycles. The molecule has 0 radical (unpaired) electrons. The Kier molecular flexibility index (Phi) is 6.62. The van der Waals surface area contributed by atoms with Gasteiger partial charge in [-0.05, 0) is 68.8 Å². The van der Waals surface area contributed by atoms with Crippen LogP contribution in [0.25, 0.3) is 5.69 Å². The van der Waals surface area contributed by atoms with E-state index in [9.17, 15) is 13.2 Å². The van der Waals surface area contributed by atoms with E-state index in [-0.39, 0.29) is 11.7 Å². The van der Waals surface area contributed by atoms with E-state index in [0.29, 0.717) is 29.1 Å². The Morgan fingerprint density at radius 3 is 2.23 bits per heavy atom. The third kappa shape index (κ3) is 5.09. The molecule has 2 N–H and O–H groups in total. The minimum absolute atomic E-state index is 0.0619. The van der Waals surface area contributed by atoms with Gasteiger partial charge in [0, 0.05) is 15.8 Å². The van der Waals surface area contributed by atoms with Gasteiger partial charge in [-0.2, -0.15) is 5.10 Å². The second-order valence-electron chi connectivity index (χ2n) is 6.89. The van der Waals surface area contributed by atoms with E-state index >= 15 is 0 Å². The molecule has 0 aliphatic rings. The number of amides is 1. The summed E-state index contributed by atoms with van der Waals surface area (Å²) < 4.78 is 29.0. The van der Waals surface area contributed by atoms with Crippen molar-refractivity contribution in [2.24, 2.45) is 0 Å². The standard InChI is InChI=1S/C21H23BrN4O3S/c1-4-13-30(28,29)25-18-9-7-17(8-10-18)23-21(27)20-14(2)24-26(15(20)3)19-11-5-16(22)6-12-19/h5-12,25H,4,13H2,1-3H3,(H,23,27). The quantitative estimate of drug-likeness (QED) is 0.503. The zero-order chi connectivity index (χ0) is 21.9. The first-order valence-electron chi connectivity index (χ1n) is 9.44. The van der Waals surface area contributed by atoms with Crippen molar-refractivity contribution in [2.75, 3.05) is 15.8 Å². The van der Waals surface area contributed by atoms with Crippen molar-refractivity contribution in [3.05, 3.63) is 70.0 Å². The number of hydrogen-bond donors (Lipinski definition) is 2. The molecule has 1 aromatic heterocycles. The van der Waals surface area contributed by atoms with E-state index in [4.69, 9.17) is 0 Å². The fourth-order valence-corrected chi connectivity index (χ4v) is 4.52. The number of halogens is 1. The molecule has 0 spiro atoms. The molecule has 158 valence electrons. The van der Waals surface area contributed by atoms with Crippen LogP contribution in [0.15, 0.2) is 53.0 Å². The Hall–Kier alpha value is -2.65. The average Bonchev–Trinajstić information content (AvgIpc) is 2.98. The van der Waals surface area contributed by atoms with E-state index in [1.807, 2.05) is 31.2 Å². The third-order valence-electron chi connectivity index (χ3n) is 4.48. The number of sulfonamides is 1. The molecule has 0 bridgehead atoms. The maximum absolute atomic E-state index is 12.9. The Morgan fingerprint density at radius 2 is 1.63 bits per heavy atom. The Balaban J connectivity index is 1.77. The van der Waals surface area contributed by atoms with Gasteiger partial charge in [0.25, 0.3) is 5.91 Å². The molecule has 2 aromatic carbocycles. The number of aryl methyl sites for hydroxylation is 1. The maximum Gasteiger partial charge on any atom is 0.259 e. The van der Waals surface area contributed by atoms with Gasteiger partial charge < -0.3 is 5.32 Å².